The fourth-order valence-electron chi connectivity index (χ4n) is 2.99. The number of nitrogens with zero attached hydrogens (tertiary/aromatic N) is 1. The van der Waals surface area contributed by atoms with Crippen molar-refractivity contribution < 1.29 is 14.0 Å². The van der Waals surface area contributed by atoms with Gasteiger partial charge in [0.25, 0.3) is 11.8 Å². The van der Waals surface area contributed by atoms with E-state index in [-0.39, 0.29) is 17.2 Å². The lowest BCUT2D eigenvalue weighted by Gasteiger charge is -2.16. The highest BCUT2D eigenvalue weighted by Gasteiger charge is 2.16. The molecular formula is C23H22FN3O2. The second-order valence-corrected chi connectivity index (χ2v) is 7.04. The minimum Gasteiger partial charge on any atom is -0.322 e. The zero-order valence-electron chi connectivity index (χ0n) is 16.5. The van der Waals surface area contributed by atoms with Gasteiger partial charge in [0.15, 0.2) is 0 Å². The van der Waals surface area contributed by atoms with Gasteiger partial charge in [0, 0.05) is 23.1 Å². The SMILES string of the molecule is Cc1cccc(C(C)C)c1NC(=O)c1cc(C(=O)Nc2cccc(F)c2)ccn1. The first-order valence-corrected chi connectivity index (χ1v) is 9.29. The van der Waals surface area contributed by atoms with E-state index in [4.69, 9.17) is 0 Å². The molecule has 0 saturated carbocycles. The molecule has 2 N–H and O–H groups in total. The van der Waals surface area contributed by atoms with Crippen molar-refractivity contribution in [1.82, 2.24) is 4.98 Å². The van der Waals surface area contributed by atoms with Crippen LogP contribution < -0.4 is 10.6 Å². The molecule has 5 nitrogen and oxygen atoms in total. The van der Waals surface area contributed by atoms with Gasteiger partial charge in [-0.15, -0.1) is 0 Å². The average molecular weight is 391 g/mol. The van der Waals surface area contributed by atoms with Crippen LogP contribution in [0.3, 0.4) is 0 Å². The van der Waals surface area contributed by atoms with Crippen LogP contribution in [-0.4, -0.2) is 16.8 Å². The number of halogens is 1. The maximum atomic E-state index is 13.3. The Hall–Kier alpha value is -3.54. The Labute approximate surface area is 169 Å². The third-order valence-corrected chi connectivity index (χ3v) is 4.50. The van der Waals surface area contributed by atoms with Crippen LogP contribution in [0.5, 0.6) is 0 Å². The molecule has 0 bridgehead atoms. The van der Waals surface area contributed by atoms with Crippen LogP contribution in [0, 0.1) is 12.7 Å². The summed E-state index contributed by atoms with van der Waals surface area (Å²) in [6, 6.07) is 14.4. The molecule has 3 rings (SSSR count). The van der Waals surface area contributed by atoms with Crippen molar-refractivity contribution in [3.05, 3.63) is 89.0 Å². The third kappa shape index (κ3) is 4.85. The number of anilines is 2. The number of hydrogen-bond donors (Lipinski definition) is 2. The molecule has 3 aromatic rings. The zero-order valence-corrected chi connectivity index (χ0v) is 16.5. The lowest BCUT2D eigenvalue weighted by molar-refractivity contribution is 0.102. The molecule has 0 radical (unpaired) electrons. The molecule has 0 aliphatic carbocycles. The Morgan fingerprint density at radius 2 is 1.72 bits per heavy atom. The molecule has 29 heavy (non-hydrogen) atoms. The van der Waals surface area contributed by atoms with Gasteiger partial charge in [-0.3, -0.25) is 14.6 Å². The van der Waals surface area contributed by atoms with Crippen molar-refractivity contribution in [2.75, 3.05) is 10.6 Å². The normalized spacial score (nSPS) is 10.7. The number of pyridine rings is 1. The van der Waals surface area contributed by atoms with Gasteiger partial charge in [0.2, 0.25) is 0 Å². The van der Waals surface area contributed by atoms with Crippen molar-refractivity contribution >= 4 is 23.2 Å². The summed E-state index contributed by atoms with van der Waals surface area (Å²) in [6.45, 7) is 6.04. The molecule has 0 aliphatic heterocycles. The van der Waals surface area contributed by atoms with Crippen LogP contribution in [0.4, 0.5) is 15.8 Å². The van der Waals surface area contributed by atoms with Crippen LogP contribution in [0.15, 0.2) is 60.8 Å². The fourth-order valence-corrected chi connectivity index (χ4v) is 2.99. The number of aromatic nitrogens is 1. The second kappa shape index (κ2) is 8.65. The highest BCUT2D eigenvalue weighted by molar-refractivity contribution is 6.08. The summed E-state index contributed by atoms with van der Waals surface area (Å²) >= 11 is 0. The van der Waals surface area contributed by atoms with Crippen molar-refractivity contribution in [3.8, 4) is 0 Å². The van der Waals surface area contributed by atoms with Gasteiger partial charge in [0.1, 0.15) is 11.5 Å². The van der Waals surface area contributed by atoms with E-state index in [1.54, 1.807) is 6.07 Å². The molecule has 1 heterocycles. The van der Waals surface area contributed by atoms with Crippen molar-refractivity contribution in [3.63, 3.8) is 0 Å². The fraction of sp³-hybridized carbons (Fsp3) is 0.174. The van der Waals surface area contributed by atoms with E-state index < -0.39 is 17.6 Å². The molecule has 2 amide bonds. The maximum Gasteiger partial charge on any atom is 0.274 e. The largest absolute Gasteiger partial charge is 0.322 e. The summed E-state index contributed by atoms with van der Waals surface area (Å²) in [5, 5.41) is 5.53. The predicted molar refractivity (Wildman–Crippen MR) is 112 cm³/mol. The van der Waals surface area contributed by atoms with Crippen LogP contribution >= 0.6 is 0 Å². The Morgan fingerprint density at radius 3 is 2.45 bits per heavy atom. The topological polar surface area (TPSA) is 71.1 Å². The number of amides is 2. The monoisotopic (exact) mass is 391 g/mol. The molecule has 0 spiro atoms. The highest BCUT2D eigenvalue weighted by atomic mass is 19.1. The molecule has 0 fully saturated rings. The van der Waals surface area contributed by atoms with E-state index in [0.717, 1.165) is 16.8 Å². The van der Waals surface area contributed by atoms with Gasteiger partial charge < -0.3 is 10.6 Å². The standard InChI is InChI=1S/C23H22FN3O2/c1-14(2)19-9-4-6-15(3)21(19)27-23(29)20-12-16(10-11-25-20)22(28)26-18-8-5-7-17(24)13-18/h4-14H,1-3H3,(H,26,28)(H,27,29). The number of nitrogens with one attached hydrogen (secondary N) is 2. The summed E-state index contributed by atoms with van der Waals surface area (Å²) in [5.41, 5.74) is 3.43. The van der Waals surface area contributed by atoms with Crippen LogP contribution in [0.2, 0.25) is 0 Å². The van der Waals surface area contributed by atoms with Gasteiger partial charge in [0.05, 0.1) is 0 Å². The summed E-state index contributed by atoms with van der Waals surface area (Å²) < 4.78 is 13.3. The molecule has 0 aliphatic rings. The lowest BCUT2D eigenvalue weighted by atomic mass is 9.98. The number of rotatable bonds is 5. The predicted octanol–water partition coefficient (Wildman–Crippen LogP) is 5.16. The Bertz CT molecular complexity index is 1060. The van der Waals surface area contributed by atoms with E-state index in [2.05, 4.69) is 29.5 Å². The molecular weight excluding hydrogens is 369 g/mol. The molecule has 0 unspecified atom stereocenters. The first-order chi connectivity index (χ1) is 13.8. The molecule has 2 aromatic carbocycles. The molecule has 0 saturated heterocycles. The second-order valence-electron chi connectivity index (χ2n) is 7.04. The zero-order chi connectivity index (χ0) is 21.0. The number of carbonyl (C=O) groups is 2. The Balaban J connectivity index is 1.81. The van der Waals surface area contributed by atoms with Crippen LogP contribution in [-0.2, 0) is 0 Å². The van der Waals surface area contributed by atoms with Gasteiger partial charge >= 0.3 is 0 Å². The highest BCUT2D eigenvalue weighted by Crippen LogP contribution is 2.27. The molecule has 1 aromatic heterocycles. The van der Waals surface area contributed by atoms with Crippen molar-refractivity contribution in [2.24, 2.45) is 0 Å². The van der Waals surface area contributed by atoms with E-state index in [1.807, 2.05) is 25.1 Å². The number of benzene rings is 2. The number of carbonyl (C=O) groups excluding carboxylic acids is 2. The Morgan fingerprint density at radius 1 is 0.966 bits per heavy atom. The van der Waals surface area contributed by atoms with Gasteiger partial charge in [-0.1, -0.05) is 38.1 Å². The average Bonchev–Trinajstić information content (AvgIpc) is 2.69. The minimum atomic E-state index is -0.453. The smallest absolute Gasteiger partial charge is 0.274 e. The van der Waals surface area contributed by atoms with E-state index in [1.165, 1.54) is 36.5 Å². The van der Waals surface area contributed by atoms with Crippen LogP contribution in [0.1, 0.15) is 51.7 Å². The van der Waals surface area contributed by atoms with Gasteiger partial charge in [-0.25, -0.2) is 4.39 Å². The first-order valence-electron chi connectivity index (χ1n) is 9.29. The number of hydrogen-bond acceptors (Lipinski definition) is 3. The summed E-state index contributed by atoms with van der Waals surface area (Å²) in [4.78, 5) is 29.3. The van der Waals surface area contributed by atoms with Gasteiger partial charge in [-0.05, 0) is 54.3 Å². The number of para-hydroxylation sites is 1. The molecule has 6 heteroatoms. The van der Waals surface area contributed by atoms with E-state index in [9.17, 15) is 14.0 Å². The van der Waals surface area contributed by atoms with Gasteiger partial charge in [-0.2, -0.15) is 0 Å². The van der Waals surface area contributed by atoms with Crippen molar-refractivity contribution in [1.29, 1.82) is 0 Å². The summed E-state index contributed by atoms with van der Waals surface area (Å²) in [5.74, 6) is -1.06. The number of aryl methyl sites for hydroxylation is 1. The lowest BCUT2D eigenvalue weighted by Crippen LogP contribution is -2.18. The van der Waals surface area contributed by atoms with E-state index in [0.29, 0.717) is 5.69 Å². The quantitative estimate of drug-likeness (QED) is 0.631. The van der Waals surface area contributed by atoms with Crippen molar-refractivity contribution in [2.45, 2.75) is 26.7 Å². The maximum absolute atomic E-state index is 13.3. The molecule has 148 valence electrons. The van der Waals surface area contributed by atoms with Crippen LogP contribution in [0.25, 0.3) is 0 Å². The minimum absolute atomic E-state index is 0.120. The Kier molecular flexibility index (Phi) is 6.02. The summed E-state index contributed by atoms with van der Waals surface area (Å²) in [7, 11) is 0. The van der Waals surface area contributed by atoms with E-state index >= 15 is 0 Å². The first kappa shape index (κ1) is 20.2. The summed E-state index contributed by atoms with van der Waals surface area (Å²) in [6.07, 6.45) is 1.40. The third-order valence-electron chi connectivity index (χ3n) is 4.50. The molecule has 0 atom stereocenters.